The second-order valence-corrected chi connectivity index (χ2v) is 7.76. The van der Waals surface area contributed by atoms with Crippen LogP contribution in [0.5, 0.6) is 5.75 Å². The predicted octanol–water partition coefficient (Wildman–Crippen LogP) is 5.84. The van der Waals surface area contributed by atoms with Crippen LogP contribution in [0.15, 0.2) is 94.4 Å². The lowest BCUT2D eigenvalue weighted by atomic mass is 10.0. The molecule has 3 aromatic carbocycles. The minimum atomic E-state index is -0.0662. The molecule has 0 atom stereocenters. The van der Waals surface area contributed by atoms with E-state index in [1.807, 2.05) is 86.8 Å². The third kappa shape index (κ3) is 3.69. The minimum absolute atomic E-state index is 0.0662. The van der Waals surface area contributed by atoms with Crippen LogP contribution in [0.25, 0.3) is 27.8 Å². The average molecular weight is 422 g/mol. The molecule has 5 heteroatoms. The number of para-hydroxylation sites is 1. The molecule has 0 spiro atoms. The van der Waals surface area contributed by atoms with Crippen LogP contribution in [0.4, 0.5) is 0 Å². The Balaban J connectivity index is 1.53. The van der Waals surface area contributed by atoms with Gasteiger partial charge in [0.25, 0.3) is 0 Å². The van der Waals surface area contributed by atoms with Crippen molar-refractivity contribution in [3.8, 4) is 22.6 Å². The molecule has 0 aliphatic carbocycles. The molecular formula is C27H22N2O3. The molecule has 0 aliphatic heterocycles. The Morgan fingerprint density at radius 3 is 2.44 bits per heavy atom. The summed E-state index contributed by atoms with van der Waals surface area (Å²) in [5.41, 5.74) is 4.53. The first kappa shape index (κ1) is 19.8. The van der Waals surface area contributed by atoms with Gasteiger partial charge in [0, 0.05) is 17.8 Å². The van der Waals surface area contributed by atoms with E-state index in [4.69, 9.17) is 9.15 Å². The van der Waals surface area contributed by atoms with Gasteiger partial charge in [-0.2, -0.15) is 5.10 Å². The van der Waals surface area contributed by atoms with Crippen LogP contribution >= 0.6 is 0 Å². The highest BCUT2D eigenvalue weighted by molar-refractivity contribution is 5.86. The first-order chi connectivity index (χ1) is 15.6. The van der Waals surface area contributed by atoms with Crippen LogP contribution in [-0.4, -0.2) is 9.78 Å². The number of hydrogen-bond donors (Lipinski definition) is 0. The summed E-state index contributed by atoms with van der Waals surface area (Å²) in [6.45, 7) is 4.16. The molecule has 2 aromatic heterocycles. The van der Waals surface area contributed by atoms with Crippen LogP contribution in [-0.2, 0) is 6.61 Å². The Hall–Kier alpha value is -4.12. The highest BCUT2D eigenvalue weighted by atomic mass is 16.5. The number of hydrogen-bond acceptors (Lipinski definition) is 4. The van der Waals surface area contributed by atoms with Gasteiger partial charge in [0.1, 0.15) is 23.7 Å². The average Bonchev–Trinajstić information content (AvgIpc) is 3.28. The molecule has 0 N–H and O–H groups in total. The van der Waals surface area contributed by atoms with Crippen molar-refractivity contribution in [2.45, 2.75) is 20.5 Å². The zero-order chi connectivity index (χ0) is 22.1. The van der Waals surface area contributed by atoms with Crippen molar-refractivity contribution in [3.63, 3.8) is 0 Å². The van der Waals surface area contributed by atoms with E-state index >= 15 is 0 Å². The Kier molecular flexibility index (Phi) is 5.07. The van der Waals surface area contributed by atoms with Gasteiger partial charge < -0.3 is 9.15 Å². The summed E-state index contributed by atoms with van der Waals surface area (Å²) in [6.07, 6.45) is 3.55. The summed E-state index contributed by atoms with van der Waals surface area (Å²) in [5.74, 6) is 1.22. The number of benzene rings is 3. The number of aromatic nitrogens is 2. The molecule has 2 heterocycles. The summed E-state index contributed by atoms with van der Waals surface area (Å²) in [5, 5.41) is 4.99. The lowest BCUT2D eigenvalue weighted by molar-refractivity contribution is 0.306. The molecule has 5 aromatic rings. The third-order valence-electron chi connectivity index (χ3n) is 5.48. The van der Waals surface area contributed by atoms with Crippen molar-refractivity contribution in [1.82, 2.24) is 9.78 Å². The van der Waals surface area contributed by atoms with E-state index in [0.29, 0.717) is 34.6 Å². The van der Waals surface area contributed by atoms with Gasteiger partial charge in [-0.1, -0.05) is 48.5 Å². The monoisotopic (exact) mass is 422 g/mol. The maximum Gasteiger partial charge on any atom is 0.201 e. The summed E-state index contributed by atoms with van der Waals surface area (Å²) < 4.78 is 13.8. The lowest BCUT2D eigenvalue weighted by Crippen LogP contribution is -2.09. The molecule has 0 radical (unpaired) electrons. The highest BCUT2D eigenvalue weighted by Gasteiger charge is 2.18. The van der Waals surface area contributed by atoms with Gasteiger partial charge in [0.15, 0.2) is 0 Å². The van der Waals surface area contributed by atoms with E-state index in [9.17, 15) is 4.79 Å². The van der Waals surface area contributed by atoms with Crippen molar-refractivity contribution >= 4 is 11.0 Å². The van der Waals surface area contributed by atoms with E-state index in [2.05, 4.69) is 5.10 Å². The smallest absolute Gasteiger partial charge is 0.201 e. The summed E-state index contributed by atoms with van der Waals surface area (Å²) in [6, 6.07) is 23.4. The van der Waals surface area contributed by atoms with Gasteiger partial charge in [-0.15, -0.1) is 0 Å². The lowest BCUT2D eigenvalue weighted by Gasteiger charge is -2.11. The van der Waals surface area contributed by atoms with Gasteiger partial charge >= 0.3 is 0 Å². The number of nitrogens with zero attached hydrogens (tertiary/aromatic N) is 2. The Morgan fingerprint density at radius 1 is 0.969 bits per heavy atom. The summed E-state index contributed by atoms with van der Waals surface area (Å²) in [7, 11) is 0. The minimum Gasteiger partial charge on any atom is -0.489 e. The summed E-state index contributed by atoms with van der Waals surface area (Å²) >= 11 is 0. The van der Waals surface area contributed by atoms with Gasteiger partial charge in [0.05, 0.1) is 22.8 Å². The highest BCUT2D eigenvalue weighted by Crippen LogP contribution is 2.29. The molecule has 0 saturated heterocycles. The molecule has 0 aliphatic rings. The predicted molar refractivity (Wildman–Crippen MR) is 125 cm³/mol. The van der Waals surface area contributed by atoms with E-state index < -0.39 is 0 Å². The molecule has 158 valence electrons. The second-order valence-electron chi connectivity index (χ2n) is 7.76. The van der Waals surface area contributed by atoms with E-state index in [1.54, 1.807) is 16.9 Å². The standard InChI is InChI=1S/C27H22N2O3/c1-18-13-23(31-17-20-9-5-3-6-10-20)14-24-25(18)27(30)26(19(2)32-24)21-15-28-29(16-21)22-11-7-4-8-12-22/h3-16H,17H2,1-2H3. The fourth-order valence-electron chi connectivity index (χ4n) is 3.93. The zero-order valence-electron chi connectivity index (χ0n) is 17.9. The molecule has 0 bridgehead atoms. The van der Waals surface area contributed by atoms with Gasteiger partial charge in [0.2, 0.25) is 5.43 Å². The van der Waals surface area contributed by atoms with Gasteiger partial charge in [-0.05, 0) is 43.2 Å². The SMILES string of the molecule is Cc1oc2cc(OCc3ccccc3)cc(C)c2c(=O)c1-c1cnn(-c2ccccc2)c1. The number of aryl methyl sites for hydroxylation is 2. The van der Waals surface area contributed by atoms with Crippen LogP contribution in [0.3, 0.4) is 0 Å². The quantitative estimate of drug-likeness (QED) is 0.357. The van der Waals surface area contributed by atoms with E-state index in [0.717, 1.165) is 22.4 Å². The fraction of sp³-hybridized carbons (Fsp3) is 0.111. The first-order valence-electron chi connectivity index (χ1n) is 10.5. The van der Waals surface area contributed by atoms with Crippen LogP contribution in [0.1, 0.15) is 16.9 Å². The Bertz CT molecular complexity index is 1450. The van der Waals surface area contributed by atoms with Crippen molar-refractivity contribution in [2.24, 2.45) is 0 Å². The van der Waals surface area contributed by atoms with Crippen molar-refractivity contribution < 1.29 is 9.15 Å². The molecule has 0 saturated carbocycles. The fourth-order valence-corrected chi connectivity index (χ4v) is 3.93. The number of rotatable bonds is 5. The Labute approximate surface area is 185 Å². The van der Waals surface area contributed by atoms with Gasteiger partial charge in [-0.25, -0.2) is 4.68 Å². The van der Waals surface area contributed by atoms with Crippen molar-refractivity contribution in [1.29, 1.82) is 0 Å². The third-order valence-corrected chi connectivity index (χ3v) is 5.48. The van der Waals surface area contributed by atoms with Crippen molar-refractivity contribution in [3.05, 3.63) is 112 Å². The molecular weight excluding hydrogens is 400 g/mol. The first-order valence-corrected chi connectivity index (χ1v) is 10.5. The van der Waals surface area contributed by atoms with Crippen LogP contribution < -0.4 is 10.2 Å². The van der Waals surface area contributed by atoms with E-state index in [1.165, 1.54) is 0 Å². The topological polar surface area (TPSA) is 57.3 Å². The van der Waals surface area contributed by atoms with E-state index in [-0.39, 0.29) is 5.43 Å². The molecule has 32 heavy (non-hydrogen) atoms. The second kappa shape index (κ2) is 8.19. The van der Waals surface area contributed by atoms with Crippen LogP contribution in [0, 0.1) is 13.8 Å². The number of ether oxygens (including phenoxy) is 1. The number of fused-ring (bicyclic) bond motifs is 1. The normalized spacial score (nSPS) is 11.1. The molecule has 0 fully saturated rings. The van der Waals surface area contributed by atoms with Gasteiger partial charge in [-0.3, -0.25) is 4.79 Å². The maximum absolute atomic E-state index is 13.5. The molecule has 0 unspecified atom stereocenters. The molecule has 5 nitrogen and oxygen atoms in total. The Morgan fingerprint density at radius 2 is 1.69 bits per heavy atom. The summed E-state index contributed by atoms with van der Waals surface area (Å²) in [4.78, 5) is 13.5. The molecule has 5 rings (SSSR count). The van der Waals surface area contributed by atoms with Crippen LogP contribution in [0.2, 0.25) is 0 Å². The largest absolute Gasteiger partial charge is 0.489 e. The van der Waals surface area contributed by atoms with Crippen molar-refractivity contribution in [2.75, 3.05) is 0 Å². The molecule has 0 amide bonds. The maximum atomic E-state index is 13.5. The zero-order valence-corrected chi connectivity index (χ0v) is 17.9.